The van der Waals surface area contributed by atoms with E-state index < -0.39 is 0 Å². The van der Waals surface area contributed by atoms with Crippen LogP contribution in [0, 0.1) is 0 Å². The zero-order valence-electron chi connectivity index (χ0n) is 21.0. The summed E-state index contributed by atoms with van der Waals surface area (Å²) in [6, 6.07) is 39.4. The highest BCUT2D eigenvalue weighted by atomic mass is 15.2. The van der Waals surface area contributed by atoms with Crippen LogP contribution in [0.4, 0.5) is 11.4 Å². The topological polar surface area (TPSA) is 3.24 Å². The predicted molar refractivity (Wildman–Crippen MR) is 158 cm³/mol. The first-order valence-corrected chi connectivity index (χ1v) is 13.2. The van der Waals surface area contributed by atoms with Crippen LogP contribution in [0.3, 0.4) is 0 Å². The minimum atomic E-state index is 0.349. The van der Waals surface area contributed by atoms with Gasteiger partial charge in [-0.05, 0) is 65.8 Å². The van der Waals surface area contributed by atoms with Crippen LogP contribution in [0.15, 0.2) is 151 Å². The van der Waals surface area contributed by atoms with E-state index in [2.05, 4.69) is 151 Å². The quantitative estimate of drug-likeness (QED) is 0.267. The average Bonchev–Trinajstić information content (AvgIpc) is 2.99. The molecule has 6 rings (SSSR count). The molecule has 0 saturated heterocycles. The van der Waals surface area contributed by atoms with Gasteiger partial charge in [-0.1, -0.05) is 121 Å². The van der Waals surface area contributed by atoms with Crippen LogP contribution in [0.25, 0.3) is 16.7 Å². The van der Waals surface area contributed by atoms with Crippen molar-refractivity contribution in [2.24, 2.45) is 0 Å². The van der Waals surface area contributed by atoms with Crippen LogP contribution in [0.1, 0.15) is 36.3 Å². The third-order valence-electron chi connectivity index (χ3n) is 7.29. The van der Waals surface area contributed by atoms with Gasteiger partial charge in [-0.3, -0.25) is 0 Å². The van der Waals surface area contributed by atoms with Crippen LogP contribution in [-0.4, -0.2) is 0 Å². The summed E-state index contributed by atoms with van der Waals surface area (Å²) in [7, 11) is 0. The highest BCUT2D eigenvalue weighted by molar-refractivity contribution is 5.85. The Labute approximate surface area is 220 Å². The van der Waals surface area contributed by atoms with Gasteiger partial charge in [0.15, 0.2) is 0 Å². The molecular formula is C36H31N. The summed E-state index contributed by atoms with van der Waals surface area (Å²) in [5.74, 6) is 0.349. The van der Waals surface area contributed by atoms with Gasteiger partial charge < -0.3 is 4.90 Å². The van der Waals surface area contributed by atoms with E-state index in [-0.39, 0.29) is 0 Å². The van der Waals surface area contributed by atoms with Crippen molar-refractivity contribution in [3.8, 4) is 11.1 Å². The number of benzene rings is 4. The number of rotatable bonds is 6. The molecule has 0 aliphatic heterocycles. The summed E-state index contributed by atoms with van der Waals surface area (Å²) < 4.78 is 0. The summed E-state index contributed by atoms with van der Waals surface area (Å²) in [4.78, 5) is 2.48. The molecule has 0 aromatic heterocycles. The molecule has 1 nitrogen and oxygen atoms in total. The van der Waals surface area contributed by atoms with Gasteiger partial charge in [-0.25, -0.2) is 0 Å². The largest absolute Gasteiger partial charge is 0.314 e. The molecular weight excluding hydrogens is 446 g/mol. The normalized spacial score (nSPS) is 16.7. The molecule has 0 radical (unpaired) electrons. The standard InChI is InChI=1S/C36H31N/c1-4-14-28(15-5-1)31-20-12-22-33(26-31)37(34-23-13-21-32(27-34)29-16-6-2-7-17-29)36-25-11-10-24-35(36)30-18-8-3-9-19-30/h1-6,8-16,18-25,27,31H,7,17,26H2. The highest BCUT2D eigenvalue weighted by Gasteiger charge is 2.23. The Balaban J connectivity index is 1.48. The van der Waals surface area contributed by atoms with Crippen LogP contribution in [-0.2, 0) is 0 Å². The van der Waals surface area contributed by atoms with Crippen LogP contribution in [0.5, 0.6) is 0 Å². The maximum atomic E-state index is 2.48. The van der Waals surface area contributed by atoms with E-state index in [1.165, 1.54) is 44.9 Å². The molecule has 37 heavy (non-hydrogen) atoms. The maximum Gasteiger partial charge on any atom is 0.0536 e. The Morgan fingerprint density at radius 3 is 2.22 bits per heavy atom. The number of allylic oxidation sites excluding steroid dienone is 8. The van der Waals surface area contributed by atoms with E-state index in [1.54, 1.807) is 0 Å². The average molecular weight is 478 g/mol. The predicted octanol–water partition coefficient (Wildman–Crippen LogP) is 9.85. The van der Waals surface area contributed by atoms with E-state index in [1.807, 2.05) is 0 Å². The zero-order chi connectivity index (χ0) is 24.9. The smallest absolute Gasteiger partial charge is 0.0536 e. The van der Waals surface area contributed by atoms with Crippen LogP contribution < -0.4 is 4.90 Å². The molecule has 1 atom stereocenters. The van der Waals surface area contributed by atoms with Crippen molar-refractivity contribution in [2.45, 2.75) is 25.2 Å². The SMILES string of the molecule is C1=CCCC(c2cccc(N(C3=CC=CC(c4ccccc4)C3)c3ccccc3-c3ccccc3)c2)=C1. The molecule has 180 valence electrons. The van der Waals surface area contributed by atoms with Crippen molar-refractivity contribution in [2.75, 3.05) is 4.90 Å². The molecule has 1 heteroatoms. The second-order valence-electron chi connectivity index (χ2n) is 9.69. The lowest BCUT2D eigenvalue weighted by Crippen LogP contribution is -2.20. The van der Waals surface area contributed by atoms with Gasteiger partial charge in [-0.15, -0.1) is 0 Å². The van der Waals surface area contributed by atoms with Gasteiger partial charge in [0.25, 0.3) is 0 Å². The third kappa shape index (κ3) is 4.99. The van der Waals surface area contributed by atoms with Crippen molar-refractivity contribution in [3.05, 3.63) is 162 Å². The Morgan fingerprint density at radius 2 is 1.41 bits per heavy atom. The summed E-state index contributed by atoms with van der Waals surface area (Å²) in [6.45, 7) is 0. The van der Waals surface area contributed by atoms with Crippen molar-refractivity contribution in [1.29, 1.82) is 0 Å². The minimum Gasteiger partial charge on any atom is -0.314 e. The molecule has 0 N–H and O–H groups in total. The van der Waals surface area contributed by atoms with Gasteiger partial charge in [-0.2, -0.15) is 0 Å². The van der Waals surface area contributed by atoms with E-state index in [9.17, 15) is 0 Å². The Bertz CT molecular complexity index is 1490. The molecule has 0 bridgehead atoms. The second kappa shape index (κ2) is 10.7. The van der Waals surface area contributed by atoms with Gasteiger partial charge in [0.1, 0.15) is 0 Å². The molecule has 0 saturated carbocycles. The fraction of sp³-hybridized carbons (Fsp3) is 0.111. The number of para-hydroxylation sites is 1. The van der Waals surface area contributed by atoms with Gasteiger partial charge >= 0.3 is 0 Å². The van der Waals surface area contributed by atoms with Crippen LogP contribution >= 0.6 is 0 Å². The Kier molecular flexibility index (Phi) is 6.68. The van der Waals surface area contributed by atoms with E-state index in [0.29, 0.717) is 5.92 Å². The van der Waals surface area contributed by atoms with E-state index in [0.717, 1.165) is 19.3 Å². The summed E-state index contributed by atoms with van der Waals surface area (Å²) in [5.41, 5.74) is 10.2. The van der Waals surface area contributed by atoms with Crippen molar-refractivity contribution in [3.63, 3.8) is 0 Å². The van der Waals surface area contributed by atoms with Crippen molar-refractivity contribution < 1.29 is 0 Å². The van der Waals surface area contributed by atoms with Crippen molar-refractivity contribution in [1.82, 2.24) is 0 Å². The van der Waals surface area contributed by atoms with Gasteiger partial charge in [0, 0.05) is 22.9 Å². The summed E-state index contributed by atoms with van der Waals surface area (Å²) in [5, 5.41) is 0. The maximum absolute atomic E-state index is 2.48. The molecule has 2 aliphatic carbocycles. The zero-order valence-corrected chi connectivity index (χ0v) is 21.0. The lowest BCUT2D eigenvalue weighted by atomic mass is 9.89. The molecule has 4 aromatic rings. The second-order valence-corrected chi connectivity index (χ2v) is 9.69. The molecule has 0 amide bonds. The first kappa shape index (κ1) is 23.1. The molecule has 1 unspecified atom stereocenters. The fourth-order valence-electron chi connectivity index (χ4n) is 5.44. The molecule has 2 aliphatic rings. The summed E-state index contributed by atoms with van der Waals surface area (Å²) in [6.07, 6.45) is 16.7. The number of hydrogen-bond donors (Lipinski definition) is 0. The first-order valence-electron chi connectivity index (χ1n) is 13.2. The van der Waals surface area contributed by atoms with Crippen LogP contribution in [0.2, 0.25) is 0 Å². The fourth-order valence-corrected chi connectivity index (χ4v) is 5.44. The Morgan fingerprint density at radius 1 is 0.649 bits per heavy atom. The monoisotopic (exact) mass is 477 g/mol. The number of hydrogen-bond acceptors (Lipinski definition) is 1. The number of anilines is 2. The molecule has 4 aromatic carbocycles. The minimum absolute atomic E-state index is 0.349. The first-order chi connectivity index (χ1) is 18.4. The highest BCUT2D eigenvalue weighted by Crippen LogP contribution is 2.42. The lowest BCUT2D eigenvalue weighted by molar-refractivity contribution is 0.794. The lowest BCUT2D eigenvalue weighted by Gasteiger charge is -2.33. The van der Waals surface area contributed by atoms with E-state index >= 15 is 0 Å². The van der Waals surface area contributed by atoms with Crippen molar-refractivity contribution >= 4 is 16.9 Å². The Hall–Kier alpha value is -4.36. The summed E-state index contributed by atoms with van der Waals surface area (Å²) >= 11 is 0. The van der Waals surface area contributed by atoms with E-state index in [4.69, 9.17) is 0 Å². The van der Waals surface area contributed by atoms with Gasteiger partial charge in [0.05, 0.1) is 5.69 Å². The molecule has 0 heterocycles. The molecule has 0 fully saturated rings. The third-order valence-corrected chi connectivity index (χ3v) is 7.29. The molecule has 0 spiro atoms. The van der Waals surface area contributed by atoms with Gasteiger partial charge in [0.2, 0.25) is 0 Å². The number of nitrogens with zero attached hydrogens (tertiary/aromatic N) is 1.